The molecule has 0 fully saturated rings. The summed E-state index contributed by atoms with van der Waals surface area (Å²) in [5.74, 6) is 0.304. The predicted molar refractivity (Wildman–Crippen MR) is 132 cm³/mol. The van der Waals surface area contributed by atoms with Crippen molar-refractivity contribution in [3.63, 3.8) is 0 Å². The number of sulfonamides is 1. The molecule has 9 heteroatoms. The van der Waals surface area contributed by atoms with Gasteiger partial charge < -0.3 is 19.7 Å². The van der Waals surface area contributed by atoms with Gasteiger partial charge in [0, 0.05) is 25.1 Å². The fourth-order valence-electron chi connectivity index (χ4n) is 3.69. The van der Waals surface area contributed by atoms with E-state index in [9.17, 15) is 13.2 Å². The Morgan fingerprint density at radius 3 is 2.35 bits per heavy atom. The molecule has 1 aliphatic rings. The third-order valence-electron chi connectivity index (χ3n) is 5.82. The molecule has 2 aromatic carbocycles. The van der Waals surface area contributed by atoms with E-state index < -0.39 is 16.1 Å². The molecule has 3 rings (SSSR count). The first kappa shape index (κ1) is 26.0. The maximum atomic E-state index is 13.1. The van der Waals surface area contributed by atoms with Crippen LogP contribution in [0.1, 0.15) is 25.8 Å². The third-order valence-corrected chi connectivity index (χ3v) is 7.26. The molecule has 1 aliphatic heterocycles. The van der Waals surface area contributed by atoms with Crippen LogP contribution in [0.15, 0.2) is 53.4 Å². The fourth-order valence-corrected chi connectivity index (χ4v) is 5.05. The van der Waals surface area contributed by atoms with E-state index >= 15 is 0 Å². The average Bonchev–Trinajstić information content (AvgIpc) is 3.05. The number of rotatable bonds is 10. The van der Waals surface area contributed by atoms with Gasteiger partial charge in [-0.1, -0.05) is 44.2 Å². The van der Waals surface area contributed by atoms with Gasteiger partial charge in [-0.25, -0.2) is 8.42 Å². The second-order valence-electron chi connectivity index (χ2n) is 9.05. The molecule has 0 aliphatic carbocycles. The SMILES string of the molecule is CC(C)C(NS(=O)(=O)c1ccc2c(c1)OCCCO2)C(=O)NCC(Cc1ccccc1)N(C)C. The van der Waals surface area contributed by atoms with E-state index in [0.29, 0.717) is 31.3 Å². The van der Waals surface area contributed by atoms with Gasteiger partial charge in [-0.3, -0.25) is 4.79 Å². The van der Waals surface area contributed by atoms with Crippen molar-refractivity contribution in [2.24, 2.45) is 5.92 Å². The highest BCUT2D eigenvalue weighted by Crippen LogP contribution is 2.32. The van der Waals surface area contributed by atoms with Crippen LogP contribution < -0.4 is 19.5 Å². The Morgan fingerprint density at radius 1 is 1.03 bits per heavy atom. The average molecular weight is 490 g/mol. The molecule has 2 atom stereocenters. The summed E-state index contributed by atoms with van der Waals surface area (Å²) in [7, 11) is -0.0256. The summed E-state index contributed by atoms with van der Waals surface area (Å²) >= 11 is 0. The van der Waals surface area contributed by atoms with E-state index in [0.717, 1.165) is 12.8 Å². The summed E-state index contributed by atoms with van der Waals surface area (Å²) in [5.41, 5.74) is 1.17. The lowest BCUT2D eigenvalue weighted by atomic mass is 10.0. The highest BCUT2D eigenvalue weighted by Gasteiger charge is 2.29. The van der Waals surface area contributed by atoms with Crippen molar-refractivity contribution in [1.29, 1.82) is 0 Å². The Labute approximate surface area is 202 Å². The number of amides is 1. The summed E-state index contributed by atoms with van der Waals surface area (Å²) in [6, 6.07) is 13.7. The molecular weight excluding hydrogens is 454 g/mol. The summed E-state index contributed by atoms with van der Waals surface area (Å²) in [6.45, 7) is 5.00. The number of carbonyl (C=O) groups excluding carboxylic acids is 1. The minimum absolute atomic E-state index is 0.0328. The van der Waals surface area contributed by atoms with Crippen LogP contribution in [0, 0.1) is 5.92 Å². The smallest absolute Gasteiger partial charge is 0.241 e. The third kappa shape index (κ3) is 6.94. The molecule has 8 nitrogen and oxygen atoms in total. The summed E-state index contributed by atoms with van der Waals surface area (Å²) in [4.78, 5) is 15.1. The van der Waals surface area contributed by atoms with Crippen molar-refractivity contribution in [3.05, 3.63) is 54.1 Å². The van der Waals surface area contributed by atoms with Gasteiger partial charge in [0.2, 0.25) is 15.9 Å². The molecule has 0 spiro atoms. The van der Waals surface area contributed by atoms with E-state index in [4.69, 9.17) is 9.47 Å². The number of hydrogen-bond acceptors (Lipinski definition) is 6. The van der Waals surface area contributed by atoms with Crippen molar-refractivity contribution in [3.8, 4) is 11.5 Å². The number of likely N-dealkylation sites (N-methyl/N-ethyl adjacent to an activating group) is 1. The number of carbonyl (C=O) groups is 1. The van der Waals surface area contributed by atoms with Gasteiger partial charge in [0.05, 0.1) is 18.1 Å². The van der Waals surface area contributed by atoms with E-state index in [1.807, 2.05) is 46.1 Å². The molecule has 1 amide bonds. The Hall–Kier alpha value is -2.62. The zero-order valence-corrected chi connectivity index (χ0v) is 21.1. The fraction of sp³-hybridized carbons (Fsp3) is 0.480. The summed E-state index contributed by atoms with van der Waals surface area (Å²) in [6.07, 6.45) is 1.49. The van der Waals surface area contributed by atoms with Crippen LogP contribution >= 0.6 is 0 Å². The van der Waals surface area contributed by atoms with Crippen LogP contribution in [0.3, 0.4) is 0 Å². The number of fused-ring (bicyclic) bond motifs is 1. The maximum Gasteiger partial charge on any atom is 0.241 e. The normalized spacial score (nSPS) is 15.6. The summed E-state index contributed by atoms with van der Waals surface area (Å²) in [5, 5.41) is 2.95. The van der Waals surface area contributed by atoms with E-state index in [1.165, 1.54) is 17.7 Å². The zero-order chi connectivity index (χ0) is 24.7. The van der Waals surface area contributed by atoms with Crippen molar-refractivity contribution in [2.45, 2.75) is 43.7 Å². The Bertz CT molecular complexity index is 1060. The standard InChI is InChI=1S/C25H35N3O5S/c1-18(2)24(25(29)26-17-20(28(3)4)15-19-9-6-5-7-10-19)27-34(30,31)21-11-12-22-23(16-21)33-14-8-13-32-22/h5-7,9-12,16,18,20,24,27H,8,13-15,17H2,1-4H3,(H,26,29). The quantitative estimate of drug-likeness (QED) is 0.532. The minimum Gasteiger partial charge on any atom is -0.490 e. The van der Waals surface area contributed by atoms with Crippen LogP contribution in [0.25, 0.3) is 0 Å². The monoisotopic (exact) mass is 489 g/mol. The lowest BCUT2D eigenvalue weighted by Gasteiger charge is -2.27. The molecule has 0 bridgehead atoms. The molecule has 186 valence electrons. The van der Waals surface area contributed by atoms with Gasteiger partial charge in [0.25, 0.3) is 0 Å². The molecule has 0 radical (unpaired) electrons. The molecule has 2 unspecified atom stereocenters. The lowest BCUT2D eigenvalue weighted by Crippen LogP contribution is -2.52. The van der Waals surface area contributed by atoms with Gasteiger partial charge in [-0.2, -0.15) is 4.72 Å². The van der Waals surface area contributed by atoms with Crippen LogP contribution in [0.2, 0.25) is 0 Å². The van der Waals surface area contributed by atoms with Crippen molar-refractivity contribution in [1.82, 2.24) is 14.9 Å². The maximum absolute atomic E-state index is 13.1. The number of nitrogens with one attached hydrogen (secondary N) is 2. The first-order valence-corrected chi connectivity index (χ1v) is 13.1. The van der Waals surface area contributed by atoms with Gasteiger partial charge in [0.1, 0.15) is 6.04 Å². The molecule has 2 aromatic rings. The highest BCUT2D eigenvalue weighted by atomic mass is 32.2. The number of nitrogens with zero attached hydrogens (tertiary/aromatic N) is 1. The molecule has 34 heavy (non-hydrogen) atoms. The van der Waals surface area contributed by atoms with Crippen molar-refractivity contribution in [2.75, 3.05) is 33.9 Å². The van der Waals surface area contributed by atoms with Crippen LogP contribution in [-0.2, 0) is 21.2 Å². The molecule has 0 saturated carbocycles. The molecular formula is C25H35N3O5S. The van der Waals surface area contributed by atoms with Crippen LogP contribution in [-0.4, -0.2) is 65.2 Å². The highest BCUT2D eigenvalue weighted by molar-refractivity contribution is 7.89. The number of benzene rings is 2. The number of ether oxygens (including phenoxy) is 2. The van der Waals surface area contributed by atoms with Crippen molar-refractivity contribution >= 4 is 15.9 Å². The van der Waals surface area contributed by atoms with Crippen molar-refractivity contribution < 1.29 is 22.7 Å². The molecule has 0 saturated heterocycles. The second kappa shape index (κ2) is 11.7. The second-order valence-corrected chi connectivity index (χ2v) is 10.8. The van der Waals surface area contributed by atoms with Gasteiger partial charge in [0.15, 0.2) is 11.5 Å². The van der Waals surface area contributed by atoms with Crippen LogP contribution in [0.4, 0.5) is 0 Å². The van der Waals surface area contributed by atoms with E-state index in [-0.39, 0.29) is 22.8 Å². The predicted octanol–water partition coefficient (Wildman–Crippen LogP) is 2.44. The van der Waals surface area contributed by atoms with E-state index in [2.05, 4.69) is 27.1 Å². The topological polar surface area (TPSA) is 97.0 Å². The number of hydrogen-bond donors (Lipinski definition) is 2. The molecule has 1 heterocycles. The minimum atomic E-state index is -3.96. The lowest BCUT2D eigenvalue weighted by molar-refractivity contribution is -0.123. The first-order chi connectivity index (χ1) is 16.2. The zero-order valence-electron chi connectivity index (χ0n) is 20.3. The Morgan fingerprint density at radius 2 is 1.71 bits per heavy atom. The largest absolute Gasteiger partial charge is 0.490 e. The van der Waals surface area contributed by atoms with Gasteiger partial charge in [-0.15, -0.1) is 0 Å². The molecule has 0 aromatic heterocycles. The summed E-state index contributed by atoms with van der Waals surface area (Å²) < 4.78 is 40.0. The molecule has 2 N–H and O–H groups in total. The van der Waals surface area contributed by atoms with Crippen LogP contribution in [0.5, 0.6) is 11.5 Å². The van der Waals surface area contributed by atoms with E-state index in [1.54, 1.807) is 6.07 Å². The first-order valence-electron chi connectivity index (χ1n) is 11.6. The Balaban J connectivity index is 1.68. The Kier molecular flexibility index (Phi) is 8.93. The van der Waals surface area contributed by atoms with Gasteiger partial charge in [-0.05, 0) is 44.1 Å². The van der Waals surface area contributed by atoms with Gasteiger partial charge >= 0.3 is 0 Å².